The predicted octanol–water partition coefficient (Wildman–Crippen LogP) is 5.12. The van der Waals surface area contributed by atoms with Gasteiger partial charge in [0.15, 0.2) is 0 Å². The minimum Gasteiger partial charge on any atom is -0.444 e. The van der Waals surface area contributed by atoms with Crippen molar-refractivity contribution in [2.24, 2.45) is 5.41 Å². The van der Waals surface area contributed by atoms with Crippen LogP contribution in [-0.4, -0.2) is 76.4 Å². The van der Waals surface area contributed by atoms with Crippen molar-refractivity contribution in [1.82, 2.24) is 20.0 Å². The number of rotatable bonds is 6. The van der Waals surface area contributed by atoms with Gasteiger partial charge < -0.3 is 24.2 Å². The Kier molecular flexibility index (Phi) is 7.80. The van der Waals surface area contributed by atoms with Crippen molar-refractivity contribution < 1.29 is 23.5 Å². The molecule has 0 radical (unpaired) electrons. The van der Waals surface area contributed by atoms with Gasteiger partial charge in [-0.2, -0.15) is 5.10 Å². The normalized spacial score (nSPS) is 16.8. The van der Waals surface area contributed by atoms with Gasteiger partial charge in [-0.3, -0.25) is 4.79 Å². The highest BCUT2D eigenvalue weighted by Crippen LogP contribution is 2.45. The molecule has 0 atom stereocenters. The fourth-order valence-electron chi connectivity index (χ4n) is 5.13. The van der Waals surface area contributed by atoms with E-state index in [1.807, 2.05) is 47.6 Å². The van der Waals surface area contributed by atoms with E-state index < -0.39 is 11.4 Å². The second kappa shape index (κ2) is 10.7. The molecule has 0 aliphatic carbocycles. The number of aromatic nitrogens is 2. The Balaban J connectivity index is 1.46. The molecule has 2 amide bonds. The van der Waals surface area contributed by atoms with Crippen LogP contribution in [0.25, 0.3) is 0 Å². The van der Waals surface area contributed by atoms with Gasteiger partial charge in [0.1, 0.15) is 22.9 Å². The molecule has 0 unspecified atom stereocenters. The third kappa shape index (κ3) is 6.00. The SMILES string of the molecule is CCN(C(=O)c1cc(F)ccc1Oc1nnccc1N1CC2(CCN(C(=O)OC(C)(C)C)CC2)C1)C(C)C. The lowest BCUT2D eigenvalue weighted by molar-refractivity contribution is 0.00594. The molecule has 206 valence electrons. The first-order chi connectivity index (χ1) is 17.9. The lowest BCUT2D eigenvalue weighted by Crippen LogP contribution is -2.61. The Morgan fingerprint density at radius 3 is 2.45 bits per heavy atom. The highest BCUT2D eigenvalue weighted by molar-refractivity contribution is 5.97. The van der Waals surface area contributed by atoms with Crippen molar-refractivity contribution in [3.63, 3.8) is 0 Å². The molecule has 3 heterocycles. The highest BCUT2D eigenvalue weighted by Gasteiger charge is 2.47. The Hall–Kier alpha value is -3.43. The standard InChI is InChI=1S/C28H38FN5O4/c1-7-34(19(2)3)25(35)21-16-20(29)8-9-23(21)37-24-22(10-13-30-31-24)33-17-28(18-33)11-14-32(15-12-28)26(36)38-27(4,5)6/h8-10,13,16,19H,7,11-12,14-15,17-18H2,1-6H3. The van der Waals surface area contributed by atoms with E-state index in [0.29, 0.717) is 19.6 Å². The molecule has 0 N–H and O–H groups in total. The zero-order chi connectivity index (χ0) is 27.7. The Labute approximate surface area is 223 Å². The zero-order valence-corrected chi connectivity index (χ0v) is 23.2. The van der Waals surface area contributed by atoms with Crippen LogP contribution >= 0.6 is 0 Å². The van der Waals surface area contributed by atoms with E-state index >= 15 is 0 Å². The average molecular weight is 528 g/mol. The minimum absolute atomic E-state index is 0.0466. The third-order valence-corrected chi connectivity index (χ3v) is 7.14. The Morgan fingerprint density at radius 2 is 1.84 bits per heavy atom. The molecule has 10 heteroatoms. The molecular formula is C28H38FN5O4. The average Bonchev–Trinajstić information content (AvgIpc) is 2.83. The van der Waals surface area contributed by atoms with Crippen LogP contribution in [0.15, 0.2) is 30.5 Å². The molecule has 1 spiro atoms. The number of anilines is 1. The molecule has 2 fully saturated rings. The number of carbonyl (C=O) groups is 2. The number of ether oxygens (including phenoxy) is 2. The van der Waals surface area contributed by atoms with E-state index in [1.54, 1.807) is 16.0 Å². The molecule has 1 aromatic heterocycles. The predicted molar refractivity (Wildman–Crippen MR) is 142 cm³/mol. The molecule has 2 aliphatic heterocycles. The fraction of sp³-hybridized carbons (Fsp3) is 0.571. The molecule has 38 heavy (non-hydrogen) atoms. The van der Waals surface area contributed by atoms with Gasteiger partial charge in [0.25, 0.3) is 11.8 Å². The Bertz CT molecular complexity index is 1170. The number of carbonyl (C=O) groups excluding carboxylic acids is 2. The highest BCUT2D eigenvalue weighted by atomic mass is 19.1. The molecular weight excluding hydrogens is 489 g/mol. The van der Waals surface area contributed by atoms with Crippen LogP contribution in [0.5, 0.6) is 11.6 Å². The summed E-state index contributed by atoms with van der Waals surface area (Å²) in [5, 5.41) is 8.19. The summed E-state index contributed by atoms with van der Waals surface area (Å²) in [5.74, 6) is -0.315. The maximum absolute atomic E-state index is 14.2. The zero-order valence-electron chi connectivity index (χ0n) is 23.2. The molecule has 0 saturated carbocycles. The maximum Gasteiger partial charge on any atom is 0.410 e. The molecule has 0 bridgehead atoms. The summed E-state index contributed by atoms with van der Waals surface area (Å²) in [6.07, 6.45) is 3.11. The number of hydrogen-bond donors (Lipinski definition) is 0. The number of amides is 2. The van der Waals surface area contributed by atoms with Crippen LogP contribution in [0.2, 0.25) is 0 Å². The van der Waals surface area contributed by atoms with Gasteiger partial charge in [0.2, 0.25) is 0 Å². The van der Waals surface area contributed by atoms with Gasteiger partial charge in [0.05, 0.1) is 11.8 Å². The number of likely N-dealkylation sites (tertiary alicyclic amines) is 1. The number of nitrogens with zero attached hydrogens (tertiary/aromatic N) is 5. The van der Waals surface area contributed by atoms with Gasteiger partial charge in [-0.05, 0) is 78.6 Å². The van der Waals surface area contributed by atoms with Crippen LogP contribution in [0.4, 0.5) is 14.9 Å². The van der Waals surface area contributed by atoms with Crippen LogP contribution in [0, 0.1) is 11.2 Å². The minimum atomic E-state index is -0.512. The summed E-state index contributed by atoms with van der Waals surface area (Å²) in [5.41, 5.74) is 0.503. The lowest BCUT2D eigenvalue weighted by atomic mass is 9.72. The van der Waals surface area contributed by atoms with Crippen LogP contribution in [0.1, 0.15) is 64.7 Å². The molecule has 1 aromatic carbocycles. The quantitative estimate of drug-likeness (QED) is 0.515. The van der Waals surface area contributed by atoms with Crippen molar-refractivity contribution in [3.8, 4) is 11.6 Å². The van der Waals surface area contributed by atoms with Gasteiger partial charge in [-0.1, -0.05) is 0 Å². The van der Waals surface area contributed by atoms with E-state index in [9.17, 15) is 14.0 Å². The van der Waals surface area contributed by atoms with Crippen molar-refractivity contribution in [2.75, 3.05) is 37.6 Å². The second-order valence-corrected chi connectivity index (χ2v) is 11.5. The fourth-order valence-corrected chi connectivity index (χ4v) is 5.13. The molecule has 2 aromatic rings. The van der Waals surface area contributed by atoms with Gasteiger partial charge >= 0.3 is 6.09 Å². The smallest absolute Gasteiger partial charge is 0.410 e. The van der Waals surface area contributed by atoms with Crippen molar-refractivity contribution >= 4 is 17.7 Å². The van der Waals surface area contributed by atoms with Crippen molar-refractivity contribution in [2.45, 2.75) is 66.0 Å². The monoisotopic (exact) mass is 527 g/mol. The number of hydrogen-bond acceptors (Lipinski definition) is 7. The molecule has 4 rings (SSSR count). The first kappa shape index (κ1) is 27.6. The largest absolute Gasteiger partial charge is 0.444 e. The van der Waals surface area contributed by atoms with Crippen molar-refractivity contribution in [3.05, 3.63) is 41.8 Å². The van der Waals surface area contributed by atoms with E-state index in [4.69, 9.17) is 9.47 Å². The van der Waals surface area contributed by atoms with E-state index in [0.717, 1.165) is 31.6 Å². The summed E-state index contributed by atoms with van der Waals surface area (Å²) in [6.45, 7) is 14.7. The third-order valence-electron chi connectivity index (χ3n) is 7.14. The van der Waals surface area contributed by atoms with E-state index in [1.165, 1.54) is 18.2 Å². The first-order valence-electron chi connectivity index (χ1n) is 13.2. The number of benzene rings is 1. The summed E-state index contributed by atoms with van der Waals surface area (Å²) in [7, 11) is 0. The molecule has 2 aliphatic rings. The second-order valence-electron chi connectivity index (χ2n) is 11.5. The molecule has 2 saturated heterocycles. The van der Waals surface area contributed by atoms with E-state index in [-0.39, 0.29) is 40.7 Å². The van der Waals surface area contributed by atoms with Crippen LogP contribution in [0.3, 0.4) is 0 Å². The lowest BCUT2D eigenvalue weighted by Gasteiger charge is -2.54. The van der Waals surface area contributed by atoms with Crippen LogP contribution in [-0.2, 0) is 4.74 Å². The first-order valence-corrected chi connectivity index (χ1v) is 13.2. The topological polar surface area (TPSA) is 88.1 Å². The van der Waals surface area contributed by atoms with Gasteiger partial charge in [-0.15, -0.1) is 5.10 Å². The van der Waals surface area contributed by atoms with Crippen molar-refractivity contribution in [1.29, 1.82) is 0 Å². The Morgan fingerprint density at radius 1 is 1.16 bits per heavy atom. The number of piperidine rings is 1. The summed E-state index contributed by atoms with van der Waals surface area (Å²) in [4.78, 5) is 31.3. The molecule has 9 nitrogen and oxygen atoms in total. The van der Waals surface area contributed by atoms with E-state index in [2.05, 4.69) is 15.1 Å². The van der Waals surface area contributed by atoms with Crippen LogP contribution < -0.4 is 9.64 Å². The summed E-state index contributed by atoms with van der Waals surface area (Å²) < 4.78 is 25.8. The maximum atomic E-state index is 14.2. The summed E-state index contributed by atoms with van der Waals surface area (Å²) >= 11 is 0. The number of halogens is 1. The summed E-state index contributed by atoms with van der Waals surface area (Å²) in [6, 6.07) is 5.72. The van der Waals surface area contributed by atoms with Gasteiger partial charge in [-0.25, -0.2) is 9.18 Å². The van der Waals surface area contributed by atoms with Gasteiger partial charge in [0, 0.05) is 44.2 Å².